The average Bonchev–Trinajstić information content (AvgIpc) is 3.04. The minimum atomic E-state index is -3.00. The summed E-state index contributed by atoms with van der Waals surface area (Å²) < 4.78 is 23.4. The van der Waals surface area contributed by atoms with Crippen LogP contribution in [0.15, 0.2) is 58.3 Å². The molecular formula is C20H22N2O3S2. The zero-order valence-electron chi connectivity index (χ0n) is 15.2. The Bertz CT molecular complexity index is 929. The highest BCUT2D eigenvalue weighted by atomic mass is 32.2. The van der Waals surface area contributed by atoms with Crippen molar-refractivity contribution in [1.29, 1.82) is 0 Å². The van der Waals surface area contributed by atoms with E-state index >= 15 is 0 Å². The molecule has 5 nitrogen and oxygen atoms in total. The van der Waals surface area contributed by atoms with Crippen molar-refractivity contribution in [2.24, 2.45) is 0 Å². The number of para-hydroxylation sites is 2. The predicted octanol–water partition coefficient (Wildman–Crippen LogP) is 3.32. The van der Waals surface area contributed by atoms with E-state index in [0.717, 1.165) is 11.4 Å². The number of rotatable bonds is 4. The number of hydrogen-bond acceptors (Lipinski definition) is 5. The molecule has 27 heavy (non-hydrogen) atoms. The summed E-state index contributed by atoms with van der Waals surface area (Å²) in [5, 5.41) is 0. The quantitative estimate of drug-likeness (QED) is 0.785. The highest BCUT2D eigenvalue weighted by Crippen LogP contribution is 2.47. The summed E-state index contributed by atoms with van der Waals surface area (Å²) in [5.41, 5.74) is 2.22. The molecule has 1 saturated heterocycles. The van der Waals surface area contributed by atoms with Gasteiger partial charge in [-0.05, 0) is 30.7 Å². The van der Waals surface area contributed by atoms with Crippen molar-refractivity contribution in [1.82, 2.24) is 4.90 Å². The fourth-order valence-corrected chi connectivity index (χ4v) is 6.56. The lowest BCUT2D eigenvalue weighted by Crippen LogP contribution is -2.39. The van der Waals surface area contributed by atoms with Crippen LogP contribution in [-0.2, 0) is 14.6 Å². The van der Waals surface area contributed by atoms with Gasteiger partial charge in [0.15, 0.2) is 9.84 Å². The van der Waals surface area contributed by atoms with Gasteiger partial charge >= 0.3 is 0 Å². The Labute approximate surface area is 164 Å². The molecule has 0 radical (unpaired) electrons. The fraction of sp³-hybridized carbons (Fsp3) is 0.350. The van der Waals surface area contributed by atoms with Gasteiger partial charge < -0.3 is 9.80 Å². The molecule has 2 aliphatic heterocycles. The van der Waals surface area contributed by atoms with Gasteiger partial charge in [-0.25, -0.2) is 8.42 Å². The van der Waals surface area contributed by atoms with Crippen LogP contribution in [0.3, 0.4) is 0 Å². The first-order chi connectivity index (χ1) is 12.9. The van der Waals surface area contributed by atoms with E-state index in [0.29, 0.717) is 19.4 Å². The lowest BCUT2D eigenvalue weighted by atomic mass is 10.2. The third kappa shape index (κ3) is 3.71. The molecule has 1 fully saturated rings. The van der Waals surface area contributed by atoms with Gasteiger partial charge in [-0.3, -0.25) is 4.79 Å². The van der Waals surface area contributed by atoms with Crippen molar-refractivity contribution in [2.45, 2.75) is 28.7 Å². The number of sulfone groups is 1. The van der Waals surface area contributed by atoms with Crippen molar-refractivity contribution < 1.29 is 13.2 Å². The lowest BCUT2D eigenvalue weighted by Gasteiger charge is -2.33. The number of anilines is 2. The highest BCUT2D eigenvalue weighted by Gasteiger charge is 2.33. The van der Waals surface area contributed by atoms with E-state index in [9.17, 15) is 13.2 Å². The van der Waals surface area contributed by atoms with Crippen LogP contribution in [0.4, 0.5) is 11.4 Å². The second-order valence-corrected chi connectivity index (χ2v) is 10.3. The number of fused-ring (bicyclic) bond motifs is 2. The van der Waals surface area contributed by atoms with Crippen molar-refractivity contribution in [3.8, 4) is 0 Å². The Morgan fingerprint density at radius 1 is 1.11 bits per heavy atom. The van der Waals surface area contributed by atoms with Crippen LogP contribution in [-0.4, -0.2) is 50.4 Å². The van der Waals surface area contributed by atoms with Gasteiger partial charge in [0.1, 0.15) is 0 Å². The summed E-state index contributed by atoms with van der Waals surface area (Å²) in [4.78, 5) is 18.9. The molecule has 2 heterocycles. The molecule has 0 N–H and O–H groups in total. The van der Waals surface area contributed by atoms with Gasteiger partial charge in [0, 0.05) is 35.8 Å². The minimum Gasteiger partial charge on any atom is -0.342 e. The van der Waals surface area contributed by atoms with Gasteiger partial charge in [-0.15, -0.1) is 0 Å². The number of amides is 1. The SMILES string of the molecule is CN(C(=O)CCN1c2ccccc2Sc2ccccc21)C1CCS(=O)(=O)C1. The molecule has 0 spiro atoms. The zero-order valence-corrected chi connectivity index (χ0v) is 16.8. The lowest BCUT2D eigenvalue weighted by molar-refractivity contribution is -0.131. The van der Waals surface area contributed by atoms with Crippen molar-refractivity contribution in [3.63, 3.8) is 0 Å². The number of carbonyl (C=O) groups is 1. The van der Waals surface area contributed by atoms with E-state index in [1.165, 1.54) is 9.79 Å². The van der Waals surface area contributed by atoms with E-state index in [1.807, 2.05) is 24.3 Å². The zero-order chi connectivity index (χ0) is 19.0. The topological polar surface area (TPSA) is 57.7 Å². The van der Waals surface area contributed by atoms with Crippen LogP contribution in [0, 0.1) is 0 Å². The monoisotopic (exact) mass is 402 g/mol. The van der Waals surface area contributed by atoms with Crippen molar-refractivity contribution >= 4 is 38.9 Å². The largest absolute Gasteiger partial charge is 0.342 e. The molecule has 2 aliphatic rings. The summed E-state index contributed by atoms with van der Waals surface area (Å²) in [6.45, 7) is 0.567. The maximum absolute atomic E-state index is 12.7. The third-order valence-electron chi connectivity index (χ3n) is 5.23. The van der Waals surface area contributed by atoms with Crippen LogP contribution >= 0.6 is 11.8 Å². The van der Waals surface area contributed by atoms with Gasteiger partial charge in [-0.2, -0.15) is 0 Å². The molecule has 7 heteroatoms. The van der Waals surface area contributed by atoms with Crippen LogP contribution in [0.5, 0.6) is 0 Å². The Kier molecular flexibility index (Phi) is 4.90. The van der Waals surface area contributed by atoms with Crippen molar-refractivity contribution in [3.05, 3.63) is 48.5 Å². The van der Waals surface area contributed by atoms with E-state index in [1.54, 1.807) is 23.7 Å². The second-order valence-electron chi connectivity index (χ2n) is 7.00. The van der Waals surface area contributed by atoms with Crippen molar-refractivity contribution in [2.75, 3.05) is 30.0 Å². The van der Waals surface area contributed by atoms with E-state index in [4.69, 9.17) is 0 Å². The minimum absolute atomic E-state index is 0.00899. The number of benzene rings is 2. The molecule has 0 aliphatic carbocycles. The second kappa shape index (κ2) is 7.20. The summed E-state index contributed by atoms with van der Waals surface area (Å²) in [7, 11) is -1.27. The van der Waals surface area contributed by atoms with Crippen LogP contribution in [0.25, 0.3) is 0 Å². The third-order valence-corrected chi connectivity index (χ3v) is 8.11. The first kappa shape index (κ1) is 18.4. The average molecular weight is 403 g/mol. The molecule has 1 atom stereocenters. The summed E-state index contributed by atoms with van der Waals surface area (Å²) in [5.74, 6) is 0.256. The maximum atomic E-state index is 12.7. The summed E-state index contributed by atoms with van der Waals surface area (Å²) in [6, 6.07) is 16.2. The van der Waals surface area contributed by atoms with Crippen LogP contribution in [0.1, 0.15) is 12.8 Å². The highest BCUT2D eigenvalue weighted by molar-refractivity contribution is 7.99. The summed E-state index contributed by atoms with van der Waals surface area (Å²) >= 11 is 1.74. The smallest absolute Gasteiger partial charge is 0.224 e. The Hall–Kier alpha value is -1.99. The fourth-order valence-electron chi connectivity index (χ4n) is 3.69. The van der Waals surface area contributed by atoms with Crippen LogP contribution < -0.4 is 4.90 Å². The number of nitrogens with zero attached hydrogens (tertiary/aromatic N) is 2. The molecular weight excluding hydrogens is 380 g/mol. The van der Waals surface area contributed by atoms with Gasteiger partial charge in [0.05, 0.1) is 22.9 Å². The maximum Gasteiger partial charge on any atom is 0.224 e. The van der Waals surface area contributed by atoms with E-state index in [2.05, 4.69) is 29.2 Å². The molecule has 2 aromatic rings. The van der Waals surface area contributed by atoms with Gasteiger partial charge in [0.2, 0.25) is 5.91 Å². The van der Waals surface area contributed by atoms with E-state index in [-0.39, 0.29) is 23.5 Å². The Morgan fingerprint density at radius 2 is 1.70 bits per heavy atom. The van der Waals surface area contributed by atoms with E-state index < -0.39 is 9.84 Å². The van der Waals surface area contributed by atoms with Gasteiger partial charge in [-0.1, -0.05) is 36.0 Å². The molecule has 0 saturated carbocycles. The number of carbonyl (C=O) groups excluding carboxylic acids is 1. The molecule has 0 bridgehead atoms. The molecule has 2 aromatic carbocycles. The first-order valence-electron chi connectivity index (χ1n) is 9.04. The molecule has 1 unspecified atom stereocenters. The first-order valence-corrected chi connectivity index (χ1v) is 11.7. The standard InChI is InChI=1S/C20H22N2O3S2/c1-21(15-11-13-27(24,25)14-15)20(23)10-12-22-16-6-2-4-8-18(16)26-19-9-5-3-7-17(19)22/h2-9,15H,10-14H2,1H3. The number of hydrogen-bond donors (Lipinski definition) is 0. The Morgan fingerprint density at radius 3 is 2.26 bits per heavy atom. The van der Waals surface area contributed by atoms with Gasteiger partial charge in [0.25, 0.3) is 0 Å². The predicted molar refractivity (Wildman–Crippen MR) is 108 cm³/mol. The summed E-state index contributed by atoms with van der Waals surface area (Å²) in [6.07, 6.45) is 0.886. The molecule has 0 aromatic heterocycles. The molecule has 142 valence electrons. The Balaban J connectivity index is 1.51. The normalized spacial score (nSPS) is 20.0. The molecule has 4 rings (SSSR count). The molecule has 1 amide bonds. The van der Waals surface area contributed by atoms with Crippen LogP contribution in [0.2, 0.25) is 0 Å².